The molecule has 4 aromatic rings. The summed E-state index contributed by atoms with van der Waals surface area (Å²) in [4.78, 5) is 15.0. The highest BCUT2D eigenvalue weighted by atomic mass is 19.1. The number of tetrazole rings is 1. The number of halogens is 1. The maximum atomic E-state index is 13.3. The topological polar surface area (TPSA) is 63.9 Å². The maximum absolute atomic E-state index is 13.3. The number of amides is 1. The van der Waals surface area contributed by atoms with Crippen molar-refractivity contribution in [3.05, 3.63) is 113 Å². The Hall–Kier alpha value is -3.87. The van der Waals surface area contributed by atoms with E-state index in [1.807, 2.05) is 54.6 Å². The molecule has 0 N–H and O–H groups in total. The number of rotatable bonds is 5. The van der Waals surface area contributed by atoms with Gasteiger partial charge in [0.15, 0.2) is 5.82 Å². The predicted octanol–water partition coefficient (Wildman–Crippen LogP) is 3.61. The number of carbonyl (C=O) groups is 1. The smallest absolute Gasteiger partial charge is 0.255 e. The molecule has 0 saturated heterocycles. The first-order valence-corrected chi connectivity index (χ1v) is 9.65. The van der Waals surface area contributed by atoms with Gasteiger partial charge in [-0.05, 0) is 45.3 Å². The summed E-state index contributed by atoms with van der Waals surface area (Å²) in [7, 11) is 0. The Balaban J connectivity index is 1.55. The van der Waals surface area contributed by atoms with Gasteiger partial charge in [-0.15, -0.1) is 5.10 Å². The number of fused-ring (bicyclic) bond motifs is 1. The van der Waals surface area contributed by atoms with Crippen LogP contribution in [0.1, 0.15) is 38.9 Å². The highest BCUT2D eigenvalue weighted by Gasteiger charge is 2.40. The summed E-state index contributed by atoms with van der Waals surface area (Å²) in [5.41, 5.74) is 3.41. The van der Waals surface area contributed by atoms with E-state index < -0.39 is 6.04 Å². The molecule has 0 saturated carbocycles. The summed E-state index contributed by atoms with van der Waals surface area (Å²) in [6.45, 7) is 0.830. The van der Waals surface area contributed by atoms with Gasteiger partial charge in [0.1, 0.15) is 11.9 Å². The molecule has 1 aliphatic rings. The van der Waals surface area contributed by atoms with Crippen molar-refractivity contribution in [1.29, 1.82) is 0 Å². The van der Waals surface area contributed by atoms with Gasteiger partial charge in [0.2, 0.25) is 0 Å². The molecule has 2 heterocycles. The molecule has 30 heavy (non-hydrogen) atoms. The molecule has 1 amide bonds. The molecule has 0 spiro atoms. The summed E-state index contributed by atoms with van der Waals surface area (Å²) in [5.74, 6) is 0.201. The van der Waals surface area contributed by atoms with E-state index in [9.17, 15) is 9.18 Å². The summed E-state index contributed by atoms with van der Waals surface area (Å²) in [6, 6.07) is 23.2. The van der Waals surface area contributed by atoms with E-state index in [1.165, 1.54) is 12.1 Å². The number of carbonyl (C=O) groups excluding carboxylic acids is 1. The Bertz CT molecular complexity index is 1190. The van der Waals surface area contributed by atoms with Crippen LogP contribution in [0.5, 0.6) is 0 Å². The SMILES string of the molecule is O=C1c2ccccc2C(c2nnnn2Cc2ccccc2)N1Cc1ccc(F)cc1. The fourth-order valence-corrected chi connectivity index (χ4v) is 3.87. The van der Waals surface area contributed by atoms with Crippen molar-refractivity contribution in [1.82, 2.24) is 25.1 Å². The lowest BCUT2D eigenvalue weighted by Gasteiger charge is -2.24. The average Bonchev–Trinajstić information content (AvgIpc) is 3.33. The van der Waals surface area contributed by atoms with E-state index in [-0.39, 0.29) is 11.7 Å². The average molecular weight is 399 g/mol. The van der Waals surface area contributed by atoms with Crippen LogP contribution in [0.15, 0.2) is 78.9 Å². The molecule has 1 aliphatic heterocycles. The lowest BCUT2D eigenvalue weighted by atomic mass is 10.0. The Morgan fingerprint density at radius 1 is 0.833 bits per heavy atom. The number of aromatic nitrogens is 4. The fraction of sp³-hybridized carbons (Fsp3) is 0.130. The zero-order valence-corrected chi connectivity index (χ0v) is 16.0. The number of nitrogens with zero attached hydrogens (tertiary/aromatic N) is 5. The highest BCUT2D eigenvalue weighted by molar-refractivity contribution is 5.99. The minimum Gasteiger partial charge on any atom is -0.320 e. The number of hydrogen-bond donors (Lipinski definition) is 0. The molecule has 5 rings (SSSR count). The molecule has 3 aromatic carbocycles. The van der Waals surface area contributed by atoms with E-state index in [1.54, 1.807) is 21.7 Å². The van der Waals surface area contributed by atoms with Crippen molar-refractivity contribution in [2.45, 2.75) is 19.1 Å². The van der Waals surface area contributed by atoms with Crippen LogP contribution >= 0.6 is 0 Å². The molecule has 0 bridgehead atoms. The van der Waals surface area contributed by atoms with Gasteiger partial charge in [-0.25, -0.2) is 9.07 Å². The van der Waals surface area contributed by atoms with Crippen LogP contribution in [-0.4, -0.2) is 31.0 Å². The van der Waals surface area contributed by atoms with E-state index in [0.29, 0.717) is 24.5 Å². The zero-order chi connectivity index (χ0) is 20.5. The van der Waals surface area contributed by atoms with E-state index in [2.05, 4.69) is 15.5 Å². The predicted molar refractivity (Wildman–Crippen MR) is 108 cm³/mol. The van der Waals surface area contributed by atoms with E-state index in [0.717, 1.165) is 16.7 Å². The third kappa shape index (κ3) is 3.24. The normalized spacial score (nSPS) is 15.4. The molecule has 1 unspecified atom stereocenters. The molecule has 1 aromatic heterocycles. The molecular weight excluding hydrogens is 381 g/mol. The standard InChI is InChI=1S/C23H18FN5O/c24-18-12-10-17(11-13-18)14-28-21(19-8-4-5-9-20(19)23(28)30)22-25-26-27-29(22)15-16-6-2-1-3-7-16/h1-13,21H,14-15H2. The second-order valence-electron chi connectivity index (χ2n) is 7.23. The van der Waals surface area contributed by atoms with Crippen LogP contribution in [0.25, 0.3) is 0 Å². The molecule has 1 atom stereocenters. The first-order chi connectivity index (χ1) is 14.7. The molecular formula is C23H18FN5O. The zero-order valence-electron chi connectivity index (χ0n) is 16.0. The van der Waals surface area contributed by atoms with Gasteiger partial charge >= 0.3 is 0 Å². The van der Waals surface area contributed by atoms with Crippen LogP contribution in [0.2, 0.25) is 0 Å². The third-order valence-electron chi connectivity index (χ3n) is 5.30. The highest BCUT2D eigenvalue weighted by Crippen LogP contribution is 2.38. The van der Waals surface area contributed by atoms with Crippen molar-refractivity contribution in [3.63, 3.8) is 0 Å². The van der Waals surface area contributed by atoms with Gasteiger partial charge in [-0.3, -0.25) is 4.79 Å². The van der Waals surface area contributed by atoms with Gasteiger partial charge in [0.25, 0.3) is 5.91 Å². The molecule has 6 nitrogen and oxygen atoms in total. The van der Waals surface area contributed by atoms with Crippen LogP contribution in [0.4, 0.5) is 4.39 Å². The minimum atomic E-state index is -0.419. The maximum Gasteiger partial charge on any atom is 0.255 e. The summed E-state index contributed by atoms with van der Waals surface area (Å²) >= 11 is 0. The van der Waals surface area contributed by atoms with Crippen LogP contribution < -0.4 is 0 Å². The van der Waals surface area contributed by atoms with Gasteiger partial charge in [-0.2, -0.15) is 0 Å². The Kier molecular flexibility index (Phi) is 4.55. The molecule has 7 heteroatoms. The minimum absolute atomic E-state index is 0.0887. The summed E-state index contributed by atoms with van der Waals surface area (Å²) in [5, 5.41) is 12.3. The van der Waals surface area contributed by atoms with E-state index in [4.69, 9.17) is 0 Å². The molecule has 148 valence electrons. The molecule has 0 radical (unpaired) electrons. The van der Waals surface area contributed by atoms with E-state index >= 15 is 0 Å². The summed E-state index contributed by atoms with van der Waals surface area (Å²) < 4.78 is 15.1. The second-order valence-corrected chi connectivity index (χ2v) is 7.23. The number of hydrogen-bond acceptors (Lipinski definition) is 4. The van der Waals surface area contributed by atoms with Gasteiger partial charge in [0, 0.05) is 12.1 Å². The fourth-order valence-electron chi connectivity index (χ4n) is 3.87. The molecule has 0 aliphatic carbocycles. The van der Waals surface area contributed by atoms with Crippen molar-refractivity contribution in [2.75, 3.05) is 0 Å². The largest absolute Gasteiger partial charge is 0.320 e. The molecule has 0 fully saturated rings. The summed E-state index contributed by atoms with van der Waals surface area (Å²) in [6.07, 6.45) is 0. The monoisotopic (exact) mass is 399 g/mol. The van der Waals surface area contributed by atoms with Crippen LogP contribution in [0.3, 0.4) is 0 Å². The Labute approximate surface area is 172 Å². The Morgan fingerprint density at radius 3 is 2.33 bits per heavy atom. The Morgan fingerprint density at radius 2 is 1.53 bits per heavy atom. The van der Waals surface area contributed by atoms with Gasteiger partial charge in [0.05, 0.1) is 6.54 Å². The van der Waals surface area contributed by atoms with Crippen molar-refractivity contribution in [2.24, 2.45) is 0 Å². The first kappa shape index (κ1) is 18.2. The van der Waals surface area contributed by atoms with Gasteiger partial charge < -0.3 is 4.90 Å². The quantitative estimate of drug-likeness (QED) is 0.514. The van der Waals surface area contributed by atoms with Crippen molar-refractivity contribution in [3.8, 4) is 0 Å². The van der Waals surface area contributed by atoms with Crippen molar-refractivity contribution < 1.29 is 9.18 Å². The van der Waals surface area contributed by atoms with Gasteiger partial charge in [-0.1, -0.05) is 60.7 Å². The second kappa shape index (κ2) is 7.51. The lowest BCUT2D eigenvalue weighted by molar-refractivity contribution is 0.0727. The van der Waals surface area contributed by atoms with Crippen LogP contribution in [-0.2, 0) is 13.1 Å². The van der Waals surface area contributed by atoms with Crippen molar-refractivity contribution >= 4 is 5.91 Å². The number of benzene rings is 3. The third-order valence-corrected chi connectivity index (χ3v) is 5.30. The first-order valence-electron chi connectivity index (χ1n) is 9.65. The van der Waals surface area contributed by atoms with Crippen LogP contribution in [0, 0.1) is 5.82 Å². The lowest BCUT2D eigenvalue weighted by Crippen LogP contribution is -2.30.